The molecular weight excluding hydrogens is 230 g/mol. The van der Waals surface area contributed by atoms with Gasteiger partial charge < -0.3 is 9.32 Å². The smallest absolute Gasteiger partial charge is 0.191 e. The maximum Gasteiger partial charge on any atom is 0.191 e. The highest BCUT2D eigenvalue weighted by atomic mass is 32.1. The quantitative estimate of drug-likeness (QED) is 0.752. The number of anilines is 1. The van der Waals surface area contributed by atoms with Crippen LogP contribution in [-0.2, 0) is 0 Å². The summed E-state index contributed by atoms with van der Waals surface area (Å²) in [5.74, 6) is 0. The largest absolute Gasteiger partial charge is 0.445 e. The van der Waals surface area contributed by atoms with Crippen molar-refractivity contribution in [1.82, 2.24) is 0 Å². The first-order chi connectivity index (χ1) is 8.15. The maximum atomic E-state index is 5.61. The summed E-state index contributed by atoms with van der Waals surface area (Å²) >= 11 is 5.11. The third-order valence-electron chi connectivity index (χ3n) is 3.06. The average molecular weight is 247 g/mol. The van der Waals surface area contributed by atoms with Crippen molar-refractivity contribution in [2.45, 2.75) is 20.8 Å². The lowest BCUT2D eigenvalue weighted by atomic mass is 10.1. The van der Waals surface area contributed by atoms with Crippen LogP contribution in [0.2, 0.25) is 0 Å². The summed E-state index contributed by atoms with van der Waals surface area (Å²) in [6, 6.07) is 8.22. The van der Waals surface area contributed by atoms with Gasteiger partial charge in [0.2, 0.25) is 0 Å². The second kappa shape index (κ2) is 4.88. The van der Waals surface area contributed by atoms with Crippen molar-refractivity contribution < 1.29 is 4.42 Å². The molecule has 2 nitrogen and oxygen atoms in total. The molecule has 0 radical (unpaired) electrons. The molecule has 0 saturated carbocycles. The lowest BCUT2D eigenvalue weighted by molar-refractivity contribution is 0.585. The Morgan fingerprint density at radius 1 is 1.18 bits per heavy atom. The van der Waals surface area contributed by atoms with Crippen LogP contribution in [0.1, 0.15) is 19.4 Å². The molecule has 1 aromatic carbocycles. The van der Waals surface area contributed by atoms with E-state index in [2.05, 4.69) is 43.9 Å². The monoisotopic (exact) mass is 247 g/mol. The molecule has 0 spiro atoms. The lowest BCUT2D eigenvalue weighted by Gasteiger charge is -2.21. The number of benzene rings is 1. The molecule has 1 aromatic heterocycles. The topological polar surface area (TPSA) is 16.4 Å². The van der Waals surface area contributed by atoms with Crippen LogP contribution < -0.4 is 4.90 Å². The van der Waals surface area contributed by atoms with Crippen LogP contribution in [0.5, 0.6) is 0 Å². The molecule has 0 aliphatic carbocycles. The molecule has 1 heterocycles. The minimum absolute atomic E-state index is 0.548. The Kier molecular flexibility index (Phi) is 3.48. The number of nitrogens with zero attached hydrogens (tertiary/aromatic N) is 1. The van der Waals surface area contributed by atoms with Gasteiger partial charge in [0.05, 0.1) is 0 Å². The Morgan fingerprint density at radius 3 is 2.53 bits per heavy atom. The third kappa shape index (κ3) is 2.34. The fourth-order valence-corrected chi connectivity index (χ4v) is 2.37. The highest BCUT2D eigenvalue weighted by molar-refractivity contribution is 7.71. The van der Waals surface area contributed by atoms with Crippen molar-refractivity contribution >= 4 is 28.9 Å². The molecule has 0 N–H and O–H groups in total. The molecule has 2 rings (SSSR count). The molecule has 0 bridgehead atoms. The Bertz CT molecular complexity index is 584. The zero-order valence-electron chi connectivity index (χ0n) is 10.5. The summed E-state index contributed by atoms with van der Waals surface area (Å²) in [4.78, 5) is 2.29. The van der Waals surface area contributed by atoms with E-state index in [9.17, 15) is 0 Å². The molecule has 2 aromatic rings. The molecule has 0 amide bonds. The van der Waals surface area contributed by atoms with E-state index in [1.54, 1.807) is 0 Å². The van der Waals surface area contributed by atoms with Gasteiger partial charge in [0.25, 0.3) is 0 Å². The molecule has 3 heteroatoms. The van der Waals surface area contributed by atoms with Crippen LogP contribution in [0, 0.1) is 11.6 Å². The van der Waals surface area contributed by atoms with Crippen molar-refractivity contribution in [3.63, 3.8) is 0 Å². The SMILES string of the molecule is CCN(CC)c1ccc2c(C)cc(=S)oc2c1. The van der Waals surface area contributed by atoms with Gasteiger partial charge in [0, 0.05) is 30.2 Å². The minimum Gasteiger partial charge on any atom is -0.445 e. The van der Waals surface area contributed by atoms with Crippen LogP contribution in [0.4, 0.5) is 5.69 Å². The molecular formula is C14H17NOS. The van der Waals surface area contributed by atoms with E-state index in [-0.39, 0.29) is 0 Å². The Balaban J connectivity index is 2.61. The standard InChI is InChI=1S/C14H17NOS/c1-4-15(5-2)11-6-7-12-10(3)8-14(17)16-13(12)9-11/h6-9H,4-5H2,1-3H3. The lowest BCUT2D eigenvalue weighted by Crippen LogP contribution is -2.21. The van der Waals surface area contributed by atoms with E-state index in [1.807, 2.05) is 6.07 Å². The van der Waals surface area contributed by atoms with E-state index in [0.29, 0.717) is 4.71 Å². The van der Waals surface area contributed by atoms with Gasteiger partial charge in [-0.1, -0.05) is 0 Å². The number of aryl methyl sites for hydroxylation is 1. The van der Waals surface area contributed by atoms with Gasteiger partial charge in [0.15, 0.2) is 4.71 Å². The number of fused-ring (bicyclic) bond motifs is 1. The molecule has 17 heavy (non-hydrogen) atoms. The predicted octanol–water partition coefficient (Wildman–Crippen LogP) is 4.32. The Morgan fingerprint density at radius 2 is 1.88 bits per heavy atom. The highest BCUT2D eigenvalue weighted by Gasteiger charge is 2.05. The zero-order chi connectivity index (χ0) is 12.4. The summed E-state index contributed by atoms with van der Waals surface area (Å²) < 4.78 is 6.16. The summed E-state index contributed by atoms with van der Waals surface area (Å²) in [5, 5.41) is 1.13. The Labute approximate surface area is 107 Å². The van der Waals surface area contributed by atoms with Crippen LogP contribution in [0.15, 0.2) is 28.7 Å². The summed E-state index contributed by atoms with van der Waals surface area (Å²) in [6.45, 7) is 8.35. The maximum absolute atomic E-state index is 5.61. The van der Waals surface area contributed by atoms with E-state index < -0.39 is 0 Å². The van der Waals surface area contributed by atoms with Gasteiger partial charge in [-0.05, 0) is 56.8 Å². The first kappa shape index (κ1) is 12.1. The first-order valence-corrected chi connectivity index (χ1v) is 6.36. The zero-order valence-corrected chi connectivity index (χ0v) is 11.3. The van der Waals surface area contributed by atoms with Gasteiger partial charge >= 0.3 is 0 Å². The van der Waals surface area contributed by atoms with Crippen LogP contribution in [0.25, 0.3) is 11.0 Å². The van der Waals surface area contributed by atoms with E-state index in [1.165, 1.54) is 11.3 Å². The summed E-state index contributed by atoms with van der Waals surface area (Å²) in [5.41, 5.74) is 3.23. The van der Waals surface area contributed by atoms with E-state index >= 15 is 0 Å². The van der Waals surface area contributed by atoms with Crippen molar-refractivity contribution in [3.8, 4) is 0 Å². The fraction of sp³-hybridized carbons (Fsp3) is 0.357. The van der Waals surface area contributed by atoms with Crippen LogP contribution >= 0.6 is 12.2 Å². The molecule has 0 unspecified atom stereocenters. The molecule has 0 saturated heterocycles. The van der Waals surface area contributed by atoms with Gasteiger partial charge in [-0.25, -0.2) is 0 Å². The number of rotatable bonds is 3. The molecule has 0 aliphatic rings. The highest BCUT2D eigenvalue weighted by Crippen LogP contribution is 2.24. The molecule has 0 aliphatic heterocycles. The van der Waals surface area contributed by atoms with Gasteiger partial charge in [-0.2, -0.15) is 0 Å². The van der Waals surface area contributed by atoms with Crippen molar-refractivity contribution in [1.29, 1.82) is 0 Å². The van der Waals surface area contributed by atoms with E-state index in [4.69, 9.17) is 16.6 Å². The normalized spacial score (nSPS) is 10.8. The minimum atomic E-state index is 0.548. The van der Waals surface area contributed by atoms with Crippen LogP contribution in [0.3, 0.4) is 0 Å². The van der Waals surface area contributed by atoms with Crippen molar-refractivity contribution in [2.75, 3.05) is 18.0 Å². The molecule has 0 atom stereocenters. The average Bonchev–Trinajstić information content (AvgIpc) is 2.30. The van der Waals surface area contributed by atoms with E-state index in [0.717, 1.165) is 24.1 Å². The third-order valence-corrected chi connectivity index (χ3v) is 3.26. The van der Waals surface area contributed by atoms with Gasteiger partial charge in [-0.3, -0.25) is 0 Å². The first-order valence-electron chi connectivity index (χ1n) is 5.95. The Hall–Kier alpha value is -1.35. The van der Waals surface area contributed by atoms with Crippen molar-refractivity contribution in [2.24, 2.45) is 0 Å². The van der Waals surface area contributed by atoms with Gasteiger partial charge in [-0.15, -0.1) is 0 Å². The summed E-state index contributed by atoms with van der Waals surface area (Å²) in [6.07, 6.45) is 0. The summed E-state index contributed by atoms with van der Waals surface area (Å²) in [7, 11) is 0. The number of hydrogen-bond donors (Lipinski definition) is 0. The molecule has 90 valence electrons. The second-order valence-electron chi connectivity index (χ2n) is 4.10. The molecule has 0 fully saturated rings. The second-order valence-corrected chi connectivity index (χ2v) is 4.50. The fourth-order valence-electron chi connectivity index (χ4n) is 2.10. The number of hydrogen-bond acceptors (Lipinski definition) is 3. The van der Waals surface area contributed by atoms with Crippen LogP contribution in [-0.4, -0.2) is 13.1 Å². The van der Waals surface area contributed by atoms with Gasteiger partial charge in [0.1, 0.15) is 5.58 Å². The van der Waals surface area contributed by atoms with Crippen molar-refractivity contribution in [3.05, 3.63) is 34.5 Å². The predicted molar refractivity (Wildman–Crippen MR) is 75.3 cm³/mol.